The zero-order chi connectivity index (χ0) is 49.9. The molecule has 16 atom stereocenters. The summed E-state index contributed by atoms with van der Waals surface area (Å²) in [6.07, 6.45) is 12.6. The van der Waals surface area contributed by atoms with Gasteiger partial charge in [-0.15, -0.1) is 0 Å². The van der Waals surface area contributed by atoms with Crippen LogP contribution in [-0.4, -0.2) is 0 Å². The van der Waals surface area contributed by atoms with E-state index in [2.05, 4.69) is 207 Å². The standard InChI is InChI=1S/C13H24.C12H22.C12H24.C10H20.C9H18.C8H16/c1-6-9(2)13-7-10(3)12(5)11(4)8-13;1-7-8(2)12-6-5-11(7)9(3)10(12)4;1-9(2)10(3,4)12(7,8)11(9,5)6;1-7-5-9(3)10(4)6-8(7)2;1-6-5-7(2)9(4)8(6)3;1-5-6(2)8(4)7(5)3/h7,9,11-13H,6,8H2,1-5H3;7-12H,5-6H2,1-4H3;1-8H3;7-10H,5-6H2,1-4H3;6-9H,5H2,1-4H3;5-8H,1-4H3. The number of rotatable bonds is 2. The number of hydrogen-bond acceptors (Lipinski definition) is 0. The fourth-order valence-corrected chi connectivity index (χ4v) is 15.3. The summed E-state index contributed by atoms with van der Waals surface area (Å²) in [6.45, 7) is 69.4. The van der Waals surface area contributed by atoms with Crippen molar-refractivity contribution in [3.63, 3.8) is 0 Å². The van der Waals surface area contributed by atoms with Crippen LogP contribution < -0.4 is 0 Å². The maximum atomic E-state index is 2.53. The lowest BCUT2D eigenvalue weighted by atomic mass is 9.28. The van der Waals surface area contributed by atoms with E-state index in [9.17, 15) is 0 Å². The molecule has 7 saturated carbocycles. The molecule has 16 unspecified atom stereocenters. The Labute approximate surface area is 407 Å². The average molecular weight is 894 g/mol. The van der Waals surface area contributed by atoms with E-state index in [0.29, 0.717) is 21.7 Å². The largest absolute Gasteiger partial charge is 0.0819 e. The highest BCUT2D eigenvalue weighted by Gasteiger charge is 2.71. The molecule has 0 radical (unpaired) electrons. The lowest BCUT2D eigenvalue weighted by Gasteiger charge is -2.76. The van der Waals surface area contributed by atoms with Gasteiger partial charge in [-0.3, -0.25) is 0 Å². The summed E-state index contributed by atoms with van der Waals surface area (Å²) in [5.74, 6) is 21.1. The quantitative estimate of drug-likeness (QED) is 0.242. The lowest BCUT2D eigenvalue weighted by Crippen LogP contribution is -2.70. The van der Waals surface area contributed by atoms with E-state index in [1.165, 1.54) is 44.9 Å². The van der Waals surface area contributed by atoms with Gasteiger partial charge < -0.3 is 0 Å². The minimum atomic E-state index is 0.448. The van der Waals surface area contributed by atoms with Gasteiger partial charge in [0.25, 0.3) is 0 Å². The van der Waals surface area contributed by atoms with Gasteiger partial charge in [-0.2, -0.15) is 0 Å². The third-order valence-electron chi connectivity index (χ3n) is 25.6. The Kier molecular flexibility index (Phi) is 22.0. The van der Waals surface area contributed by atoms with Gasteiger partial charge in [-0.1, -0.05) is 212 Å². The van der Waals surface area contributed by atoms with E-state index in [1.54, 1.807) is 5.57 Å². The summed E-state index contributed by atoms with van der Waals surface area (Å²) in [5, 5.41) is 0. The Morgan fingerprint density at radius 3 is 0.875 bits per heavy atom. The van der Waals surface area contributed by atoms with Gasteiger partial charge >= 0.3 is 0 Å². The molecule has 0 aromatic heterocycles. The second kappa shape index (κ2) is 23.6. The molecule has 0 saturated heterocycles. The van der Waals surface area contributed by atoms with Crippen LogP contribution in [0.4, 0.5) is 0 Å². The molecule has 7 fully saturated rings. The molecule has 0 heterocycles. The molecule has 0 aromatic carbocycles. The van der Waals surface area contributed by atoms with Crippen LogP contribution in [0.1, 0.15) is 246 Å². The summed E-state index contributed by atoms with van der Waals surface area (Å²) in [7, 11) is 0. The second-order valence-electron chi connectivity index (χ2n) is 28.5. The van der Waals surface area contributed by atoms with E-state index in [0.717, 1.165) is 130 Å². The van der Waals surface area contributed by atoms with Gasteiger partial charge in [0.05, 0.1) is 0 Å². The molecule has 0 nitrogen and oxygen atoms in total. The molecule has 0 aromatic rings. The minimum absolute atomic E-state index is 0.448. The SMILES string of the molecule is CC1(C)C(C)(C)C(C)(C)C1(C)C.CC1C(C)C(C)C1C.CC1C(C)C2CCC1C(C)C2C.CC1CC(C)C(C)C1C.CC1CC(C)C(C)CC1C.CCC(C)C1C=C(C)C(C)C(C)C1. The van der Waals surface area contributed by atoms with Crippen molar-refractivity contribution in [2.24, 2.45) is 152 Å². The fraction of sp³-hybridized carbons (Fsp3) is 0.969. The fourth-order valence-electron chi connectivity index (χ4n) is 15.3. The van der Waals surface area contributed by atoms with Crippen LogP contribution in [0.2, 0.25) is 0 Å². The van der Waals surface area contributed by atoms with Crippen molar-refractivity contribution in [3.8, 4) is 0 Å². The van der Waals surface area contributed by atoms with Crippen LogP contribution in [0, 0.1) is 152 Å². The van der Waals surface area contributed by atoms with Gasteiger partial charge in [0.2, 0.25) is 0 Å². The summed E-state index contributed by atoms with van der Waals surface area (Å²) in [5.41, 5.74) is 3.41. The summed E-state index contributed by atoms with van der Waals surface area (Å²) in [6, 6.07) is 0. The zero-order valence-corrected chi connectivity index (χ0v) is 49.7. The Hall–Kier alpha value is -0.260. The molecule has 8 aliphatic rings. The first-order chi connectivity index (χ1) is 29.1. The first kappa shape index (κ1) is 59.9. The predicted molar refractivity (Wildman–Crippen MR) is 291 cm³/mol. The normalized spacial score (nSPS) is 46.9. The highest BCUT2D eigenvalue weighted by Crippen LogP contribution is 2.77. The predicted octanol–water partition coefficient (Wildman–Crippen LogP) is 20.7. The molecule has 0 aliphatic heterocycles. The van der Waals surface area contributed by atoms with E-state index < -0.39 is 0 Å². The van der Waals surface area contributed by atoms with Gasteiger partial charge in [0.1, 0.15) is 0 Å². The van der Waals surface area contributed by atoms with E-state index in [4.69, 9.17) is 0 Å². The van der Waals surface area contributed by atoms with E-state index in [1.807, 2.05) is 0 Å². The smallest absolute Gasteiger partial charge is 0.0202 e. The molecule has 0 spiro atoms. The van der Waals surface area contributed by atoms with Crippen LogP contribution in [0.15, 0.2) is 11.6 Å². The second-order valence-corrected chi connectivity index (χ2v) is 28.5. The third kappa shape index (κ3) is 12.5. The monoisotopic (exact) mass is 893 g/mol. The Bertz CT molecular complexity index is 1220. The molecule has 2 bridgehead atoms. The number of fused-ring (bicyclic) bond motifs is 3. The van der Waals surface area contributed by atoms with Crippen molar-refractivity contribution in [2.75, 3.05) is 0 Å². The summed E-state index contributed by atoms with van der Waals surface area (Å²) < 4.78 is 0. The van der Waals surface area contributed by atoms with Crippen molar-refractivity contribution < 1.29 is 0 Å². The topological polar surface area (TPSA) is 0 Å². The summed E-state index contributed by atoms with van der Waals surface area (Å²) >= 11 is 0. The van der Waals surface area contributed by atoms with E-state index in [-0.39, 0.29) is 0 Å². The highest BCUT2D eigenvalue weighted by molar-refractivity contribution is 5.19. The van der Waals surface area contributed by atoms with E-state index >= 15 is 0 Å². The van der Waals surface area contributed by atoms with Crippen molar-refractivity contribution in [3.05, 3.63) is 11.6 Å². The first-order valence-corrected chi connectivity index (χ1v) is 28.7. The van der Waals surface area contributed by atoms with Crippen molar-refractivity contribution >= 4 is 0 Å². The first-order valence-electron chi connectivity index (χ1n) is 28.7. The summed E-state index contributed by atoms with van der Waals surface area (Å²) in [4.78, 5) is 0. The molecule has 0 heteroatoms. The number of hydrogen-bond donors (Lipinski definition) is 0. The van der Waals surface area contributed by atoms with Gasteiger partial charge in [-0.25, -0.2) is 0 Å². The Morgan fingerprint density at radius 2 is 0.656 bits per heavy atom. The molecular weight excluding hydrogens is 769 g/mol. The molecular formula is C64H124. The van der Waals surface area contributed by atoms with Gasteiger partial charge in [0, 0.05) is 0 Å². The molecule has 380 valence electrons. The lowest BCUT2D eigenvalue weighted by molar-refractivity contribution is -0.283. The number of allylic oxidation sites excluding steroid dienone is 2. The molecule has 64 heavy (non-hydrogen) atoms. The van der Waals surface area contributed by atoms with Crippen LogP contribution >= 0.6 is 0 Å². The van der Waals surface area contributed by atoms with Gasteiger partial charge in [-0.05, 0) is 197 Å². The van der Waals surface area contributed by atoms with Crippen LogP contribution in [-0.2, 0) is 0 Å². The zero-order valence-electron chi connectivity index (χ0n) is 49.7. The minimum Gasteiger partial charge on any atom is -0.0819 e. The molecule has 8 rings (SSSR count). The van der Waals surface area contributed by atoms with Crippen LogP contribution in [0.5, 0.6) is 0 Å². The Morgan fingerprint density at radius 1 is 0.391 bits per heavy atom. The van der Waals surface area contributed by atoms with Crippen LogP contribution in [0.3, 0.4) is 0 Å². The molecule has 8 aliphatic carbocycles. The van der Waals surface area contributed by atoms with Gasteiger partial charge in [0.15, 0.2) is 0 Å². The van der Waals surface area contributed by atoms with Crippen molar-refractivity contribution in [1.29, 1.82) is 0 Å². The highest BCUT2D eigenvalue weighted by atomic mass is 14.8. The van der Waals surface area contributed by atoms with Crippen LogP contribution in [0.25, 0.3) is 0 Å². The molecule has 0 amide bonds. The third-order valence-corrected chi connectivity index (χ3v) is 25.6. The van der Waals surface area contributed by atoms with Crippen molar-refractivity contribution in [1.82, 2.24) is 0 Å². The molecule has 0 N–H and O–H groups in total. The maximum Gasteiger partial charge on any atom is -0.0202 e. The average Bonchev–Trinajstić information content (AvgIpc) is 3.45. The Balaban J connectivity index is 0.000000266. The maximum absolute atomic E-state index is 2.53. The van der Waals surface area contributed by atoms with Crippen molar-refractivity contribution in [2.45, 2.75) is 246 Å².